The van der Waals surface area contributed by atoms with Crippen molar-refractivity contribution >= 4 is 31.6 Å². The summed E-state index contributed by atoms with van der Waals surface area (Å²) in [4.78, 5) is 0. The van der Waals surface area contributed by atoms with Gasteiger partial charge in [-0.25, -0.2) is 0 Å². The molecule has 0 radical (unpaired) electrons. The smallest absolute Gasteiger partial charge is 0.281 e. The molecule has 0 saturated heterocycles. The molecule has 0 bridgehead atoms. The molecular weight excluding hydrogens is 240 g/mol. The average Bonchev–Trinajstić information content (AvgIpc) is 2.28. The maximum atomic E-state index is 10.5. The van der Waals surface area contributed by atoms with E-state index in [1.807, 2.05) is 0 Å². The van der Waals surface area contributed by atoms with E-state index < -0.39 is 28.7 Å². The van der Waals surface area contributed by atoms with Crippen molar-refractivity contribution in [3.05, 3.63) is 12.1 Å². The summed E-state index contributed by atoms with van der Waals surface area (Å²) in [5.74, 6) is 0. The van der Waals surface area contributed by atoms with Gasteiger partial charge in [-0.1, -0.05) is 0 Å². The lowest BCUT2D eigenvalue weighted by Gasteiger charge is -1.88. The standard InChI is InChI=1S/C4H4O6S3/c5-12(6,7)3-1-2-4(11-3)13(8,9)10/h1-2H,(H,5,6,7)(H,8,9,10). The molecule has 0 amide bonds. The molecule has 2 N–H and O–H groups in total. The molecule has 0 fully saturated rings. The molecule has 0 atom stereocenters. The number of hydrogen-bond donors (Lipinski definition) is 2. The highest BCUT2D eigenvalue weighted by Crippen LogP contribution is 2.24. The van der Waals surface area contributed by atoms with Gasteiger partial charge in [0.2, 0.25) is 0 Å². The lowest BCUT2D eigenvalue weighted by atomic mass is 10.7. The van der Waals surface area contributed by atoms with E-state index >= 15 is 0 Å². The number of hydrogen-bond acceptors (Lipinski definition) is 5. The Morgan fingerprint density at radius 2 is 1.23 bits per heavy atom. The minimum absolute atomic E-state index is 0.271. The molecule has 0 unspecified atom stereocenters. The summed E-state index contributed by atoms with van der Waals surface area (Å²) in [5.41, 5.74) is 0. The van der Waals surface area contributed by atoms with Crippen molar-refractivity contribution in [1.29, 1.82) is 0 Å². The predicted molar refractivity (Wildman–Crippen MR) is 43.9 cm³/mol. The summed E-state index contributed by atoms with van der Waals surface area (Å²) in [7, 11) is -8.80. The van der Waals surface area contributed by atoms with Gasteiger partial charge in [-0.3, -0.25) is 9.11 Å². The van der Waals surface area contributed by atoms with Gasteiger partial charge >= 0.3 is 20.2 Å². The molecule has 13 heavy (non-hydrogen) atoms. The molecule has 9 heteroatoms. The van der Waals surface area contributed by atoms with Gasteiger partial charge in [-0.2, -0.15) is 16.8 Å². The van der Waals surface area contributed by atoms with Crippen LogP contribution < -0.4 is 0 Å². The first-order valence-electron chi connectivity index (χ1n) is 2.76. The van der Waals surface area contributed by atoms with Crippen LogP contribution in [0.25, 0.3) is 0 Å². The van der Waals surface area contributed by atoms with Crippen LogP contribution >= 0.6 is 11.3 Å². The average molecular weight is 244 g/mol. The van der Waals surface area contributed by atoms with Crippen LogP contribution in [-0.4, -0.2) is 25.9 Å². The summed E-state index contributed by atoms with van der Waals surface area (Å²) < 4.78 is 57.7. The van der Waals surface area contributed by atoms with Crippen LogP contribution in [0.2, 0.25) is 0 Å². The van der Waals surface area contributed by atoms with Crippen LogP contribution in [-0.2, 0) is 20.2 Å². The predicted octanol–water partition coefficient (Wildman–Crippen LogP) is 0.242. The Labute approximate surface area is 78.3 Å². The van der Waals surface area contributed by atoms with E-state index in [9.17, 15) is 16.8 Å². The lowest BCUT2D eigenvalue weighted by molar-refractivity contribution is 0.483. The molecule has 0 aliphatic heterocycles. The first-order chi connectivity index (χ1) is 5.71. The Morgan fingerprint density at radius 1 is 0.923 bits per heavy atom. The van der Waals surface area contributed by atoms with Crippen molar-refractivity contribution in [2.75, 3.05) is 0 Å². The van der Waals surface area contributed by atoms with Crippen LogP contribution in [0.15, 0.2) is 20.6 Å². The molecule has 0 saturated carbocycles. The quantitative estimate of drug-likeness (QED) is 0.721. The molecule has 0 aliphatic carbocycles. The molecule has 1 heterocycles. The Hall–Kier alpha value is -0.480. The Balaban J connectivity index is 3.32. The zero-order chi connectivity index (χ0) is 10.3. The van der Waals surface area contributed by atoms with Crippen molar-refractivity contribution in [2.24, 2.45) is 0 Å². The molecule has 74 valence electrons. The van der Waals surface area contributed by atoms with Crippen molar-refractivity contribution in [3.8, 4) is 0 Å². The van der Waals surface area contributed by atoms with Gasteiger partial charge in [0.15, 0.2) is 0 Å². The van der Waals surface area contributed by atoms with E-state index in [1.54, 1.807) is 0 Å². The van der Waals surface area contributed by atoms with Gasteiger partial charge in [-0.05, 0) is 12.1 Å². The van der Waals surface area contributed by atoms with Crippen LogP contribution in [0.3, 0.4) is 0 Å². The van der Waals surface area contributed by atoms with Crippen molar-refractivity contribution in [2.45, 2.75) is 8.42 Å². The Morgan fingerprint density at radius 3 is 1.38 bits per heavy atom. The fourth-order valence-corrected chi connectivity index (χ4v) is 3.07. The SMILES string of the molecule is O=S(=O)(O)c1ccc(S(=O)(=O)O)s1. The van der Waals surface area contributed by atoms with E-state index in [2.05, 4.69) is 0 Å². The minimum atomic E-state index is -4.40. The molecule has 1 aromatic heterocycles. The van der Waals surface area contributed by atoms with Crippen molar-refractivity contribution in [3.63, 3.8) is 0 Å². The fraction of sp³-hybridized carbons (Fsp3) is 0. The molecule has 6 nitrogen and oxygen atoms in total. The summed E-state index contributed by atoms with van der Waals surface area (Å²) in [6.07, 6.45) is 0. The monoisotopic (exact) mass is 244 g/mol. The van der Waals surface area contributed by atoms with Gasteiger partial charge in [0.1, 0.15) is 8.42 Å². The van der Waals surface area contributed by atoms with E-state index in [0.717, 1.165) is 12.1 Å². The number of thiophene rings is 1. The molecule has 0 spiro atoms. The van der Waals surface area contributed by atoms with Gasteiger partial charge in [0.25, 0.3) is 0 Å². The first-order valence-corrected chi connectivity index (χ1v) is 6.46. The summed E-state index contributed by atoms with van der Waals surface area (Å²) in [6, 6.07) is 1.78. The molecular formula is C4H4O6S3. The first kappa shape index (κ1) is 10.6. The third-order valence-corrected chi connectivity index (χ3v) is 4.79. The second kappa shape index (κ2) is 3.03. The molecule has 1 rings (SSSR count). The Kier molecular flexibility index (Phi) is 2.47. The summed E-state index contributed by atoms with van der Waals surface area (Å²) in [6.45, 7) is 0. The second-order valence-electron chi connectivity index (χ2n) is 2.02. The van der Waals surface area contributed by atoms with E-state index in [4.69, 9.17) is 9.11 Å². The highest BCUT2D eigenvalue weighted by molar-refractivity contribution is 7.90. The highest BCUT2D eigenvalue weighted by atomic mass is 32.3. The Bertz CT molecular complexity index is 459. The minimum Gasteiger partial charge on any atom is -0.281 e. The highest BCUT2D eigenvalue weighted by Gasteiger charge is 2.18. The fourth-order valence-electron chi connectivity index (χ4n) is 0.581. The maximum absolute atomic E-state index is 10.5. The normalized spacial score (nSPS) is 13.1. The zero-order valence-corrected chi connectivity index (χ0v) is 8.36. The molecule has 1 aromatic rings. The largest absolute Gasteiger partial charge is 0.304 e. The second-order valence-corrected chi connectivity index (χ2v) is 6.40. The van der Waals surface area contributed by atoms with Crippen LogP contribution in [0.4, 0.5) is 0 Å². The third kappa shape index (κ3) is 2.48. The topological polar surface area (TPSA) is 109 Å². The van der Waals surface area contributed by atoms with Crippen LogP contribution in [0.5, 0.6) is 0 Å². The van der Waals surface area contributed by atoms with Crippen LogP contribution in [0.1, 0.15) is 0 Å². The zero-order valence-electron chi connectivity index (χ0n) is 5.91. The number of rotatable bonds is 2. The molecule has 0 aromatic carbocycles. The van der Waals surface area contributed by atoms with Gasteiger partial charge in [-0.15, -0.1) is 11.3 Å². The van der Waals surface area contributed by atoms with E-state index in [-0.39, 0.29) is 11.3 Å². The van der Waals surface area contributed by atoms with Gasteiger partial charge < -0.3 is 0 Å². The van der Waals surface area contributed by atoms with E-state index in [0.29, 0.717) is 0 Å². The third-order valence-electron chi connectivity index (χ3n) is 1.07. The van der Waals surface area contributed by atoms with Crippen LogP contribution in [0, 0.1) is 0 Å². The van der Waals surface area contributed by atoms with Gasteiger partial charge in [0, 0.05) is 0 Å². The van der Waals surface area contributed by atoms with Crippen molar-refractivity contribution < 1.29 is 25.9 Å². The molecule has 0 aliphatic rings. The summed E-state index contributed by atoms with van der Waals surface area (Å²) in [5, 5.41) is 0. The maximum Gasteiger partial charge on any atom is 0.304 e. The van der Waals surface area contributed by atoms with E-state index in [1.165, 1.54) is 0 Å². The lowest BCUT2D eigenvalue weighted by Crippen LogP contribution is -1.94. The van der Waals surface area contributed by atoms with Crippen molar-refractivity contribution in [1.82, 2.24) is 0 Å². The summed E-state index contributed by atoms with van der Waals surface area (Å²) >= 11 is 0.271. The van der Waals surface area contributed by atoms with Gasteiger partial charge in [0.05, 0.1) is 0 Å².